The first-order chi connectivity index (χ1) is 8.19. The second-order valence-electron chi connectivity index (χ2n) is 4.69. The summed E-state index contributed by atoms with van der Waals surface area (Å²) in [6.07, 6.45) is 6.71. The number of hydrogen-bond acceptors (Lipinski definition) is 3. The Morgan fingerprint density at radius 1 is 1.24 bits per heavy atom. The van der Waals surface area contributed by atoms with E-state index in [9.17, 15) is 0 Å². The number of pyridine rings is 1. The van der Waals surface area contributed by atoms with Gasteiger partial charge in [0.05, 0.1) is 5.69 Å². The zero-order valence-corrected chi connectivity index (χ0v) is 11.5. The van der Waals surface area contributed by atoms with Crippen molar-refractivity contribution in [3.05, 3.63) is 18.3 Å². The quantitative estimate of drug-likeness (QED) is 0.783. The van der Waals surface area contributed by atoms with E-state index in [1.54, 1.807) is 0 Å². The molecule has 0 unspecified atom stereocenters. The van der Waals surface area contributed by atoms with Crippen LogP contribution in [0.25, 0.3) is 0 Å². The molecule has 0 radical (unpaired) electrons. The SMILES string of the molecule is CCCC(CCC)Nc1cccnc1N(C)C. The van der Waals surface area contributed by atoms with E-state index in [1.807, 2.05) is 26.4 Å². The number of nitrogens with one attached hydrogen (secondary N) is 1. The highest BCUT2D eigenvalue weighted by molar-refractivity contribution is 5.65. The summed E-state index contributed by atoms with van der Waals surface area (Å²) in [5.74, 6) is 1.02. The first-order valence-corrected chi connectivity index (χ1v) is 6.57. The lowest BCUT2D eigenvalue weighted by atomic mass is 10.1. The minimum Gasteiger partial charge on any atom is -0.379 e. The van der Waals surface area contributed by atoms with Crippen LogP contribution in [0.2, 0.25) is 0 Å². The first kappa shape index (κ1) is 13.8. The van der Waals surface area contributed by atoms with Gasteiger partial charge in [0.2, 0.25) is 0 Å². The number of rotatable bonds is 7. The third kappa shape index (κ3) is 4.25. The van der Waals surface area contributed by atoms with Gasteiger partial charge >= 0.3 is 0 Å². The molecule has 1 rings (SSSR count). The molecule has 17 heavy (non-hydrogen) atoms. The highest BCUT2D eigenvalue weighted by Gasteiger charge is 2.10. The number of anilines is 2. The fraction of sp³-hybridized carbons (Fsp3) is 0.643. The Bertz CT molecular complexity index is 317. The summed E-state index contributed by atoms with van der Waals surface area (Å²) in [5.41, 5.74) is 1.14. The maximum atomic E-state index is 4.41. The van der Waals surface area contributed by atoms with Crippen LogP contribution in [0.1, 0.15) is 39.5 Å². The molecule has 0 bridgehead atoms. The fourth-order valence-corrected chi connectivity index (χ4v) is 2.07. The lowest BCUT2D eigenvalue weighted by Crippen LogP contribution is -2.21. The third-order valence-electron chi connectivity index (χ3n) is 2.84. The van der Waals surface area contributed by atoms with Gasteiger partial charge in [-0.05, 0) is 25.0 Å². The topological polar surface area (TPSA) is 28.2 Å². The smallest absolute Gasteiger partial charge is 0.151 e. The molecule has 0 aromatic carbocycles. The molecule has 1 aromatic heterocycles. The van der Waals surface area contributed by atoms with Crippen LogP contribution in [-0.4, -0.2) is 25.1 Å². The van der Waals surface area contributed by atoms with Gasteiger partial charge in [-0.1, -0.05) is 26.7 Å². The van der Waals surface area contributed by atoms with Gasteiger partial charge in [0, 0.05) is 26.3 Å². The van der Waals surface area contributed by atoms with Gasteiger partial charge in [0.15, 0.2) is 5.82 Å². The molecule has 0 saturated carbocycles. The molecule has 3 heteroatoms. The van der Waals surface area contributed by atoms with E-state index in [1.165, 1.54) is 25.7 Å². The van der Waals surface area contributed by atoms with Crippen molar-refractivity contribution in [1.29, 1.82) is 0 Å². The molecular weight excluding hydrogens is 210 g/mol. The Labute approximate surface area is 105 Å². The zero-order chi connectivity index (χ0) is 12.7. The molecule has 1 N–H and O–H groups in total. The molecule has 1 heterocycles. The van der Waals surface area contributed by atoms with Gasteiger partial charge in [-0.25, -0.2) is 4.98 Å². The van der Waals surface area contributed by atoms with Crippen LogP contribution in [0.15, 0.2) is 18.3 Å². The number of aromatic nitrogens is 1. The van der Waals surface area contributed by atoms with E-state index in [2.05, 4.69) is 35.1 Å². The van der Waals surface area contributed by atoms with Crippen LogP contribution in [0.3, 0.4) is 0 Å². The Morgan fingerprint density at radius 3 is 2.41 bits per heavy atom. The van der Waals surface area contributed by atoms with Crippen molar-refractivity contribution in [1.82, 2.24) is 4.98 Å². The minimum absolute atomic E-state index is 0.563. The normalized spacial score (nSPS) is 10.6. The molecular formula is C14H25N3. The number of nitrogens with zero attached hydrogens (tertiary/aromatic N) is 2. The van der Waals surface area contributed by atoms with Crippen molar-refractivity contribution in [2.75, 3.05) is 24.3 Å². The first-order valence-electron chi connectivity index (χ1n) is 6.57. The van der Waals surface area contributed by atoms with Gasteiger partial charge in [0.25, 0.3) is 0 Å². The maximum absolute atomic E-state index is 4.41. The van der Waals surface area contributed by atoms with Gasteiger partial charge in [-0.2, -0.15) is 0 Å². The molecule has 0 saturated heterocycles. The zero-order valence-electron chi connectivity index (χ0n) is 11.5. The molecule has 0 spiro atoms. The predicted molar refractivity (Wildman–Crippen MR) is 75.8 cm³/mol. The summed E-state index contributed by atoms with van der Waals surface area (Å²) in [6, 6.07) is 4.66. The highest BCUT2D eigenvalue weighted by Crippen LogP contribution is 2.23. The molecule has 3 nitrogen and oxygen atoms in total. The Kier molecular flexibility index (Phi) is 5.81. The Morgan fingerprint density at radius 2 is 1.88 bits per heavy atom. The Hall–Kier alpha value is -1.25. The summed E-state index contributed by atoms with van der Waals surface area (Å²) < 4.78 is 0. The van der Waals surface area contributed by atoms with E-state index >= 15 is 0 Å². The summed E-state index contributed by atoms with van der Waals surface area (Å²) in [7, 11) is 4.06. The van der Waals surface area contributed by atoms with Crippen LogP contribution in [0.5, 0.6) is 0 Å². The molecule has 1 aromatic rings. The van der Waals surface area contributed by atoms with Crippen molar-refractivity contribution in [3.63, 3.8) is 0 Å². The molecule has 0 aliphatic heterocycles. The van der Waals surface area contributed by atoms with Gasteiger partial charge in [-0.15, -0.1) is 0 Å². The fourth-order valence-electron chi connectivity index (χ4n) is 2.07. The lowest BCUT2D eigenvalue weighted by Gasteiger charge is -2.22. The van der Waals surface area contributed by atoms with Crippen LogP contribution in [0, 0.1) is 0 Å². The molecule has 0 aliphatic rings. The maximum Gasteiger partial charge on any atom is 0.151 e. The standard InChI is InChI=1S/C14H25N3/c1-5-8-12(9-6-2)16-13-10-7-11-15-14(13)17(3)4/h7,10-12,16H,5-6,8-9H2,1-4H3. The highest BCUT2D eigenvalue weighted by atomic mass is 15.2. The summed E-state index contributed by atoms with van der Waals surface area (Å²) in [4.78, 5) is 6.47. The molecule has 96 valence electrons. The van der Waals surface area contributed by atoms with Crippen molar-refractivity contribution in [3.8, 4) is 0 Å². The van der Waals surface area contributed by atoms with E-state index < -0.39 is 0 Å². The van der Waals surface area contributed by atoms with Crippen LogP contribution in [-0.2, 0) is 0 Å². The lowest BCUT2D eigenvalue weighted by molar-refractivity contribution is 0.586. The van der Waals surface area contributed by atoms with Crippen molar-refractivity contribution >= 4 is 11.5 Å². The Balaban J connectivity index is 2.77. The van der Waals surface area contributed by atoms with E-state index in [-0.39, 0.29) is 0 Å². The third-order valence-corrected chi connectivity index (χ3v) is 2.84. The second kappa shape index (κ2) is 7.15. The van der Waals surface area contributed by atoms with E-state index in [4.69, 9.17) is 0 Å². The predicted octanol–water partition coefficient (Wildman–Crippen LogP) is 3.53. The monoisotopic (exact) mass is 235 g/mol. The van der Waals surface area contributed by atoms with Crippen molar-refractivity contribution < 1.29 is 0 Å². The van der Waals surface area contributed by atoms with Crippen molar-refractivity contribution in [2.24, 2.45) is 0 Å². The summed E-state index contributed by atoms with van der Waals surface area (Å²) >= 11 is 0. The molecule has 0 atom stereocenters. The van der Waals surface area contributed by atoms with Crippen LogP contribution >= 0.6 is 0 Å². The van der Waals surface area contributed by atoms with Gasteiger partial charge in [-0.3, -0.25) is 0 Å². The largest absolute Gasteiger partial charge is 0.379 e. The summed E-state index contributed by atoms with van der Waals surface area (Å²) in [6.45, 7) is 4.47. The molecule has 0 amide bonds. The van der Waals surface area contributed by atoms with Crippen molar-refractivity contribution in [2.45, 2.75) is 45.6 Å². The van der Waals surface area contributed by atoms with Crippen LogP contribution < -0.4 is 10.2 Å². The minimum atomic E-state index is 0.563. The van der Waals surface area contributed by atoms with E-state index in [0.717, 1.165) is 11.5 Å². The molecule has 0 fully saturated rings. The number of hydrogen-bond donors (Lipinski definition) is 1. The summed E-state index contributed by atoms with van der Waals surface area (Å²) in [5, 5.41) is 3.63. The van der Waals surface area contributed by atoms with Gasteiger partial charge < -0.3 is 10.2 Å². The van der Waals surface area contributed by atoms with E-state index in [0.29, 0.717) is 6.04 Å². The average Bonchev–Trinajstić information content (AvgIpc) is 2.30. The molecule has 0 aliphatic carbocycles. The average molecular weight is 235 g/mol. The van der Waals surface area contributed by atoms with Crippen LogP contribution in [0.4, 0.5) is 11.5 Å². The van der Waals surface area contributed by atoms with Gasteiger partial charge in [0.1, 0.15) is 0 Å². The second-order valence-corrected chi connectivity index (χ2v) is 4.69.